The lowest BCUT2D eigenvalue weighted by atomic mass is 9.98. The van der Waals surface area contributed by atoms with E-state index in [9.17, 15) is 4.79 Å². The van der Waals surface area contributed by atoms with Gasteiger partial charge < -0.3 is 18.9 Å². The van der Waals surface area contributed by atoms with Crippen molar-refractivity contribution >= 4 is 27.8 Å². The molecule has 0 N–H and O–H groups in total. The van der Waals surface area contributed by atoms with Gasteiger partial charge in [0.1, 0.15) is 18.2 Å². The summed E-state index contributed by atoms with van der Waals surface area (Å²) in [7, 11) is 3.25. The van der Waals surface area contributed by atoms with Gasteiger partial charge in [0.25, 0.3) is 0 Å². The van der Waals surface area contributed by atoms with Crippen molar-refractivity contribution in [3.05, 3.63) is 86.6 Å². The molecule has 0 radical (unpaired) electrons. The molecule has 5 rings (SSSR count). The molecule has 0 amide bonds. The van der Waals surface area contributed by atoms with E-state index < -0.39 is 0 Å². The minimum absolute atomic E-state index is 0.108. The number of rotatable bonds is 5. The lowest BCUT2D eigenvalue weighted by molar-refractivity contribution is 0.0871. The van der Waals surface area contributed by atoms with E-state index in [1.807, 2.05) is 55.5 Å². The van der Waals surface area contributed by atoms with E-state index in [0.717, 1.165) is 32.5 Å². The summed E-state index contributed by atoms with van der Waals surface area (Å²) in [4.78, 5) is 15.4. The number of ether oxygens (including phenoxy) is 4. The number of hydrogen-bond acceptors (Lipinski definition) is 6. The second-order valence-electron chi connectivity index (χ2n) is 8.29. The Morgan fingerprint density at radius 1 is 1.09 bits per heavy atom. The van der Waals surface area contributed by atoms with Crippen molar-refractivity contribution in [3.63, 3.8) is 0 Å². The van der Waals surface area contributed by atoms with Gasteiger partial charge in [-0.15, -0.1) is 0 Å². The number of fused-ring (bicyclic) bond motifs is 3. The van der Waals surface area contributed by atoms with Gasteiger partial charge in [-0.25, -0.2) is 0 Å². The first-order valence-corrected chi connectivity index (χ1v) is 11.7. The van der Waals surface area contributed by atoms with Crippen LogP contribution in [0.3, 0.4) is 0 Å². The smallest absolute Gasteiger partial charge is 0.232 e. The monoisotopic (exact) mass is 521 g/mol. The van der Waals surface area contributed by atoms with Gasteiger partial charge in [0, 0.05) is 17.6 Å². The van der Waals surface area contributed by atoms with Gasteiger partial charge in [-0.1, -0.05) is 40.2 Å². The molecule has 0 atom stereocenters. The van der Waals surface area contributed by atoms with Crippen LogP contribution in [-0.2, 0) is 13.1 Å². The molecule has 0 saturated carbocycles. The number of carbonyl (C=O) groups excluding carboxylic acids is 1. The maximum atomic E-state index is 13.2. The van der Waals surface area contributed by atoms with E-state index in [1.54, 1.807) is 20.3 Å². The molecule has 0 unspecified atom stereocenters. The molecule has 3 aromatic rings. The van der Waals surface area contributed by atoms with Crippen LogP contribution < -0.4 is 18.9 Å². The Morgan fingerprint density at radius 3 is 2.65 bits per heavy atom. The average Bonchev–Trinajstić information content (AvgIpc) is 3.17. The number of carbonyl (C=O) groups is 1. The molecule has 2 aliphatic heterocycles. The Hall–Kier alpha value is -3.29. The van der Waals surface area contributed by atoms with Crippen molar-refractivity contribution in [3.8, 4) is 23.0 Å². The van der Waals surface area contributed by atoms with E-state index in [4.69, 9.17) is 18.9 Å². The standard InChI is InChI=1S/C27H24BrNO5/c1-16-10-22-19(14-29(15-33-22)13-17-8-9-21(31-2)23(11-17)32-3)27-25(16)26(30)24(34-27)12-18-6-4-5-7-20(18)28/h4-12H,13-15H2,1-3H3/b24-12-. The first-order chi connectivity index (χ1) is 16.5. The fraction of sp³-hybridized carbons (Fsp3) is 0.222. The molecule has 0 aliphatic carbocycles. The molecule has 2 aliphatic rings. The zero-order valence-corrected chi connectivity index (χ0v) is 20.8. The predicted molar refractivity (Wildman–Crippen MR) is 133 cm³/mol. The van der Waals surface area contributed by atoms with Gasteiger partial charge >= 0.3 is 0 Å². The third-order valence-electron chi connectivity index (χ3n) is 6.03. The number of allylic oxidation sites excluding steroid dienone is 1. The highest BCUT2D eigenvalue weighted by Crippen LogP contribution is 2.44. The van der Waals surface area contributed by atoms with Crippen LogP contribution in [0.5, 0.6) is 23.0 Å². The molecule has 0 spiro atoms. The molecule has 0 bridgehead atoms. The van der Waals surface area contributed by atoms with Gasteiger partial charge in [0.05, 0.1) is 25.3 Å². The highest BCUT2D eigenvalue weighted by molar-refractivity contribution is 9.10. The van der Waals surface area contributed by atoms with Crippen molar-refractivity contribution in [1.82, 2.24) is 4.90 Å². The molecule has 0 aromatic heterocycles. The second-order valence-corrected chi connectivity index (χ2v) is 9.14. The summed E-state index contributed by atoms with van der Waals surface area (Å²) in [5, 5.41) is 0. The van der Waals surface area contributed by atoms with Crippen LogP contribution in [-0.4, -0.2) is 31.6 Å². The zero-order chi connectivity index (χ0) is 23.8. The number of Topliss-reactive ketones (excluding diaryl/α,β-unsaturated/α-hetero) is 1. The predicted octanol–water partition coefficient (Wildman–Crippen LogP) is 5.74. The van der Waals surface area contributed by atoms with Crippen molar-refractivity contribution in [2.75, 3.05) is 21.0 Å². The van der Waals surface area contributed by atoms with E-state index in [1.165, 1.54) is 0 Å². The number of methoxy groups -OCH3 is 2. The quantitative estimate of drug-likeness (QED) is 0.399. The normalized spacial score (nSPS) is 16.0. The van der Waals surface area contributed by atoms with Crippen molar-refractivity contribution < 1.29 is 23.7 Å². The molecule has 0 fully saturated rings. The number of halogens is 1. The fourth-order valence-corrected chi connectivity index (χ4v) is 4.75. The first kappa shape index (κ1) is 22.5. The highest BCUT2D eigenvalue weighted by Gasteiger charge is 2.35. The van der Waals surface area contributed by atoms with Crippen LogP contribution in [0.15, 0.2) is 58.8 Å². The minimum atomic E-state index is -0.108. The molecule has 7 heteroatoms. The lowest BCUT2D eigenvalue weighted by Gasteiger charge is -2.30. The molecule has 174 valence electrons. The van der Waals surface area contributed by atoms with Crippen LogP contribution in [0.1, 0.15) is 32.6 Å². The van der Waals surface area contributed by atoms with Gasteiger partial charge in [-0.3, -0.25) is 9.69 Å². The maximum Gasteiger partial charge on any atom is 0.232 e. The summed E-state index contributed by atoms with van der Waals surface area (Å²) in [6.45, 7) is 3.60. The van der Waals surface area contributed by atoms with Gasteiger partial charge in [-0.05, 0) is 54.0 Å². The van der Waals surface area contributed by atoms with E-state index in [-0.39, 0.29) is 5.78 Å². The summed E-state index contributed by atoms with van der Waals surface area (Å²) >= 11 is 3.54. The number of ketones is 1. The van der Waals surface area contributed by atoms with Crippen LogP contribution in [0, 0.1) is 6.92 Å². The third-order valence-corrected chi connectivity index (χ3v) is 6.76. The zero-order valence-electron chi connectivity index (χ0n) is 19.2. The molecular weight excluding hydrogens is 498 g/mol. The molecule has 2 heterocycles. The summed E-state index contributed by atoms with van der Waals surface area (Å²) < 4.78 is 23.9. The van der Waals surface area contributed by atoms with Crippen molar-refractivity contribution in [2.24, 2.45) is 0 Å². The van der Waals surface area contributed by atoms with Gasteiger partial charge in [-0.2, -0.15) is 0 Å². The second kappa shape index (κ2) is 9.16. The Morgan fingerprint density at radius 2 is 1.88 bits per heavy atom. The highest BCUT2D eigenvalue weighted by atomic mass is 79.9. The summed E-state index contributed by atoms with van der Waals surface area (Å²) in [5.41, 5.74) is 4.30. The summed E-state index contributed by atoms with van der Waals surface area (Å²) in [6.07, 6.45) is 1.78. The Kier molecular flexibility index (Phi) is 6.06. The number of benzene rings is 3. The first-order valence-electron chi connectivity index (χ1n) is 10.9. The van der Waals surface area contributed by atoms with E-state index in [2.05, 4.69) is 20.8 Å². The Bertz CT molecular complexity index is 1320. The topological polar surface area (TPSA) is 57.2 Å². The van der Waals surface area contributed by atoms with Crippen LogP contribution in [0.2, 0.25) is 0 Å². The minimum Gasteiger partial charge on any atom is -0.493 e. The SMILES string of the molecule is COc1ccc(CN2COc3cc(C)c4c(c3C2)O/C(=C\c2ccccc2Br)C4=O)cc1OC. The maximum absolute atomic E-state index is 13.2. The van der Waals surface area contributed by atoms with E-state index >= 15 is 0 Å². The third kappa shape index (κ3) is 4.06. The van der Waals surface area contributed by atoms with Gasteiger partial charge in [0.15, 0.2) is 17.3 Å². The largest absolute Gasteiger partial charge is 0.493 e. The number of nitrogens with zero attached hydrogens (tertiary/aromatic N) is 1. The summed E-state index contributed by atoms with van der Waals surface area (Å²) in [6, 6.07) is 15.5. The van der Waals surface area contributed by atoms with Crippen molar-refractivity contribution in [1.29, 1.82) is 0 Å². The fourth-order valence-electron chi connectivity index (χ4n) is 4.35. The molecule has 3 aromatic carbocycles. The van der Waals surface area contributed by atoms with Crippen LogP contribution in [0.25, 0.3) is 6.08 Å². The van der Waals surface area contributed by atoms with Gasteiger partial charge in [0.2, 0.25) is 5.78 Å². The van der Waals surface area contributed by atoms with E-state index in [0.29, 0.717) is 48.4 Å². The van der Waals surface area contributed by atoms with Crippen LogP contribution >= 0.6 is 15.9 Å². The van der Waals surface area contributed by atoms with Crippen LogP contribution in [0.4, 0.5) is 0 Å². The van der Waals surface area contributed by atoms with Crippen molar-refractivity contribution in [2.45, 2.75) is 20.0 Å². The molecule has 34 heavy (non-hydrogen) atoms. The number of hydrogen-bond donors (Lipinski definition) is 0. The number of aryl methyl sites for hydroxylation is 1. The molecule has 6 nitrogen and oxygen atoms in total. The Balaban J connectivity index is 1.44. The molecule has 0 saturated heterocycles. The summed E-state index contributed by atoms with van der Waals surface area (Å²) in [5.74, 6) is 2.94. The Labute approximate surface area is 206 Å². The molecular formula is C27H24BrNO5. The lowest BCUT2D eigenvalue weighted by Crippen LogP contribution is -2.31. The average molecular weight is 522 g/mol.